The van der Waals surface area contributed by atoms with E-state index in [9.17, 15) is 21.0 Å². The Balaban J connectivity index is 4.77. The van der Waals surface area contributed by atoms with Gasteiger partial charge in [0.05, 0.1) is 8.71 Å². The highest BCUT2D eigenvalue weighted by Gasteiger charge is 2.26. The SMILES string of the molecule is C=P(F)(F)N=[P+](F)N=P(N)(F)F. The molecule has 0 aliphatic heterocycles. The van der Waals surface area contributed by atoms with Crippen molar-refractivity contribution < 1.29 is 21.0 Å². The number of hydrogen-bond donors (Lipinski definition) is 1. The maximum Gasteiger partial charge on any atom is 0.596 e. The lowest BCUT2D eigenvalue weighted by molar-refractivity contribution is 0.724. The van der Waals surface area contributed by atoms with Crippen molar-refractivity contribution in [2.24, 2.45) is 14.5 Å². The van der Waals surface area contributed by atoms with Crippen LogP contribution in [-0.2, 0) is 0 Å². The van der Waals surface area contributed by atoms with Crippen LogP contribution in [0.5, 0.6) is 0 Å². The van der Waals surface area contributed by atoms with E-state index in [4.69, 9.17) is 0 Å². The van der Waals surface area contributed by atoms with Gasteiger partial charge in [-0.05, 0) is 6.30 Å². The van der Waals surface area contributed by atoms with Crippen LogP contribution in [0.15, 0.2) is 9.03 Å². The largest absolute Gasteiger partial charge is 0.596 e. The molecular weight excluding hydrogens is 242 g/mol. The predicted octanol–water partition coefficient (Wildman–Crippen LogP) is 4.43. The molecule has 0 rings (SSSR count). The van der Waals surface area contributed by atoms with Gasteiger partial charge in [0.1, 0.15) is 0 Å². The third-order valence-electron chi connectivity index (χ3n) is 0.398. The maximum absolute atomic E-state index is 12.1. The molecule has 0 bridgehead atoms. The summed E-state index contributed by atoms with van der Waals surface area (Å²) in [5, 5.41) is 0. The number of hydrogen-bond acceptors (Lipinski definition) is 1. The summed E-state index contributed by atoms with van der Waals surface area (Å²) in [6, 6.07) is 0. The first-order chi connectivity index (χ1) is 5.10. The Hall–Kier alpha value is 0.240. The summed E-state index contributed by atoms with van der Waals surface area (Å²) in [4.78, 5) is 0. The van der Waals surface area contributed by atoms with Gasteiger partial charge in [0.25, 0.3) is 0 Å². The van der Waals surface area contributed by atoms with Crippen LogP contribution in [0.25, 0.3) is 0 Å². The second-order valence-corrected chi connectivity index (χ2v) is 5.70. The molecule has 0 fully saturated rings. The molecule has 0 heterocycles. The van der Waals surface area contributed by atoms with Gasteiger partial charge < -0.3 is 0 Å². The fourth-order valence-electron chi connectivity index (χ4n) is 0.224. The summed E-state index contributed by atoms with van der Waals surface area (Å²) in [6.07, 6.45) is 2.19. The highest BCUT2D eigenvalue weighted by molar-refractivity contribution is 7.69. The van der Waals surface area contributed by atoms with Crippen molar-refractivity contribution in [1.82, 2.24) is 0 Å². The van der Waals surface area contributed by atoms with Crippen LogP contribution in [0.1, 0.15) is 0 Å². The van der Waals surface area contributed by atoms with Gasteiger partial charge in [-0.25, -0.2) is 5.50 Å². The molecule has 0 aromatic carbocycles. The smallest absolute Gasteiger partial charge is 0.243 e. The van der Waals surface area contributed by atoms with Crippen molar-refractivity contribution in [3.63, 3.8) is 0 Å². The summed E-state index contributed by atoms with van der Waals surface area (Å²) in [6.45, 7) is 0. The predicted molar refractivity (Wildman–Crippen MR) is 42.5 cm³/mol. The zero-order valence-electron chi connectivity index (χ0n) is 5.41. The van der Waals surface area contributed by atoms with Crippen molar-refractivity contribution in [2.45, 2.75) is 0 Å². The first-order valence-corrected chi connectivity index (χ1v) is 6.66. The molecule has 72 valence electrons. The normalized spacial score (nSPS) is 14.7. The molecule has 0 saturated carbocycles. The van der Waals surface area contributed by atoms with Crippen LogP contribution < -0.4 is 5.50 Å². The Morgan fingerprint density at radius 1 is 1.25 bits per heavy atom. The zero-order chi connectivity index (χ0) is 9.99. The molecule has 0 aromatic rings. The third-order valence-corrected chi connectivity index (χ3v) is 3.58. The highest BCUT2D eigenvalue weighted by Crippen LogP contribution is 2.60. The Bertz CT molecular complexity index is 276. The Morgan fingerprint density at radius 3 is 1.92 bits per heavy atom. The fraction of sp³-hybridized carbons (Fsp3) is 0. The molecule has 0 saturated heterocycles. The molecule has 0 radical (unpaired) electrons. The van der Waals surface area contributed by atoms with Gasteiger partial charge in [-0.2, -0.15) is 16.8 Å². The van der Waals surface area contributed by atoms with Crippen LogP contribution in [0.3, 0.4) is 0 Å². The van der Waals surface area contributed by atoms with Gasteiger partial charge in [0.15, 0.2) is 0 Å². The van der Waals surface area contributed by atoms with Crippen molar-refractivity contribution >= 4 is 30.0 Å². The highest BCUT2D eigenvalue weighted by atomic mass is 31.3. The minimum Gasteiger partial charge on any atom is -0.243 e. The maximum atomic E-state index is 12.1. The minimum atomic E-state index is -5.22. The first kappa shape index (κ1) is 12.2. The van der Waals surface area contributed by atoms with Crippen LogP contribution >= 0.6 is 23.7 Å². The summed E-state index contributed by atoms with van der Waals surface area (Å²) < 4.78 is 63.3. The topological polar surface area (TPSA) is 50.7 Å². The number of nitrogens with two attached hydrogens (primary N) is 1. The standard InChI is InChI=1S/CH4F5N3P3/c1-11(3,4)8-10(2)9-12(5,6)7/h1,7H2/q+1. The average Bonchev–Trinajstić information content (AvgIpc) is 1.49. The molecule has 0 amide bonds. The molecule has 2 N–H and O–H groups in total. The van der Waals surface area contributed by atoms with E-state index in [1.54, 1.807) is 0 Å². The van der Waals surface area contributed by atoms with Gasteiger partial charge in [-0.3, -0.25) is 0 Å². The second kappa shape index (κ2) is 3.97. The number of rotatable bonds is 2. The Morgan fingerprint density at radius 2 is 1.67 bits per heavy atom. The van der Waals surface area contributed by atoms with Crippen molar-refractivity contribution in [1.29, 1.82) is 0 Å². The monoisotopic (exact) mass is 246 g/mol. The fourth-order valence-corrected chi connectivity index (χ4v) is 2.34. The molecule has 0 aliphatic rings. The lowest BCUT2D eigenvalue weighted by Crippen LogP contribution is -1.76. The van der Waals surface area contributed by atoms with Gasteiger partial charge in [0, 0.05) is 4.52 Å². The summed E-state index contributed by atoms with van der Waals surface area (Å²) in [5.74, 6) is 0. The van der Waals surface area contributed by atoms with E-state index in [0.717, 1.165) is 0 Å². The van der Waals surface area contributed by atoms with Crippen molar-refractivity contribution in [3.05, 3.63) is 0 Å². The Kier molecular flexibility index (Phi) is 4.04. The van der Waals surface area contributed by atoms with Crippen LogP contribution in [-0.4, -0.2) is 6.30 Å². The van der Waals surface area contributed by atoms with Gasteiger partial charge >= 0.3 is 23.7 Å². The van der Waals surface area contributed by atoms with E-state index >= 15 is 0 Å². The molecule has 0 aromatic heterocycles. The van der Waals surface area contributed by atoms with E-state index in [2.05, 4.69) is 16.3 Å². The van der Waals surface area contributed by atoms with Crippen LogP contribution in [0, 0.1) is 0 Å². The molecule has 3 nitrogen and oxygen atoms in total. The van der Waals surface area contributed by atoms with Crippen molar-refractivity contribution in [2.75, 3.05) is 0 Å². The van der Waals surface area contributed by atoms with E-state index in [1.165, 1.54) is 0 Å². The van der Waals surface area contributed by atoms with E-state index in [-0.39, 0.29) is 0 Å². The number of nitrogens with zero attached hydrogens (tertiary/aromatic N) is 2. The lowest BCUT2D eigenvalue weighted by Gasteiger charge is -1.86. The van der Waals surface area contributed by atoms with Gasteiger partial charge in [-0.1, -0.05) is 0 Å². The summed E-state index contributed by atoms with van der Waals surface area (Å²) in [7, 11) is -13.8. The van der Waals surface area contributed by atoms with Gasteiger partial charge in [-0.15, -0.1) is 0 Å². The lowest BCUT2D eigenvalue weighted by atomic mass is 12.0. The Labute approximate surface area is 66.4 Å². The molecule has 12 heavy (non-hydrogen) atoms. The molecule has 1 atom stereocenters. The first-order valence-electron chi connectivity index (χ1n) is 2.22. The third kappa shape index (κ3) is 8.34. The van der Waals surface area contributed by atoms with Crippen molar-refractivity contribution in [3.8, 4) is 0 Å². The minimum absolute atomic E-state index is 1.99. The molecular formula is CH4F5N3P3+. The molecule has 0 aliphatic carbocycles. The summed E-state index contributed by atoms with van der Waals surface area (Å²) >= 11 is 0. The quantitative estimate of drug-likeness (QED) is 0.568. The van der Waals surface area contributed by atoms with Gasteiger partial charge in [0.2, 0.25) is 0 Å². The van der Waals surface area contributed by atoms with Crippen LogP contribution in [0.2, 0.25) is 0 Å². The van der Waals surface area contributed by atoms with E-state index in [1.807, 2.05) is 4.52 Å². The van der Waals surface area contributed by atoms with Crippen LogP contribution in [0.4, 0.5) is 21.0 Å². The summed E-state index contributed by atoms with van der Waals surface area (Å²) in [5.41, 5.74) is 4.03. The number of halogens is 5. The molecule has 11 heteroatoms. The zero-order valence-corrected chi connectivity index (χ0v) is 8.09. The molecule has 1 unspecified atom stereocenters. The molecule has 0 spiro atoms. The second-order valence-electron chi connectivity index (χ2n) is 1.54. The van der Waals surface area contributed by atoms with E-state index < -0.39 is 23.7 Å². The average molecular weight is 246 g/mol. The van der Waals surface area contributed by atoms with E-state index in [0.29, 0.717) is 0 Å².